The SMILES string of the molecule is COc1ccc(-c2cc(C3CCCC3)[nH]c(=O)c2C#N)cc1.COc1ccc(C(=O)CC(=O)C2CCCC2)cc1.Cc1ccc(-c2cc(C3CCCC3)c(C#N)c(=O)[nH]2)cc1.N#CCC(N)=O. The first kappa shape index (κ1) is 50.4. The second-order valence-corrected chi connectivity index (χ2v) is 17.0. The number of ether oxygens (including phenoxy) is 2. The lowest BCUT2D eigenvalue weighted by atomic mass is 9.93. The van der Waals surface area contributed by atoms with Crippen molar-refractivity contribution in [1.29, 1.82) is 15.8 Å². The smallest absolute Gasteiger partial charge is 0.266 e. The molecule has 346 valence electrons. The molecule has 4 N–H and O–H groups in total. The molecule has 8 rings (SSSR count). The molecule has 13 heteroatoms. The number of primary amides is 1. The first-order valence-electron chi connectivity index (χ1n) is 22.8. The van der Waals surface area contributed by atoms with Crippen LogP contribution in [0.5, 0.6) is 11.5 Å². The number of nitriles is 3. The Kier molecular flexibility index (Phi) is 19.0. The van der Waals surface area contributed by atoms with Crippen molar-refractivity contribution in [1.82, 2.24) is 9.97 Å². The number of methoxy groups -OCH3 is 2. The number of rotatable bonds is 11. The highest BCUT2D eigenvalue weighted by molar-refractivity contribution is 6.08. The summed E-state index contributed by atoms with van der Waals surface area (Å²) < 4.78 is 10.2. The second kappa shape index (κ2) is 25.2. The lowest BCUT2D eigenvalue weighted by Crippen LogP contribution is -2.15. The van der Waals surface area contributed by atoms with Gasteiger partial charge in [0.1, 0.15) is 47.0 Å². The molecule has 3 saturated carbocycles. The van der Waals surface area contributed by atoms with Crippen LogP contribution in [0.1, 0.15) is 140 Å². The van der Waals surface area contributed by atoms with Crippen LogP contribution >= 0.6 is 0 Å². The van der Waals surface area contributed by atoms with Crippen LogP contribution in [-0.4, -0.2) is 41.7 Å². The van der Waals surface area contributed by atoms with Crippen molar-refractivity contribution in [2.24, 2.45) is 11.7 Å². The van der Waals surface area contributed by atoms with Crippen molar-refractivity contribution < 1.29 is 23.9 Å². The Morgan fingerprint density at radius 3 is 1.67 bits per heavy atom. The number of nitrogens with zero attached hydrogens (tertiary/aromatic N) is 3. The minimum atomic E-state index is -0.572. The number of nitrogens with one attached hydrogen (secondary N) is 2. The van der Waals surface area contributed by atoms with Gasteiger partial charge in [-0.3, -0.25) is 24.0 Å². The van der Waals surface area contributed by atoms with Gasteiger partial charge in [0.25, 0.3) is 11.1 Å². The van der Waals surface area contributed by atoms with Gasteiger partial charge < -0.3 is 25.2 Å². The Morgan fingerprint density at radius 1 is 0.657 bits per heavy atom. The van der Waals surface area contributed by atoms with E-state index in [1.54, 1.807) is 44.6 Å². The van der Waals surface area contributed by atoms with Crippen molar-refractivity contribution in [3.8, 4) is 52.1 Å². The number of nitrogens with two attached hydrogens (primary N) is 1. The molecule has 0 radical (unpaired) electrons. The van der Waals surface area contributed by atoms with E-state index in [1.165, 1.54) is 31.2 Å². The molecule has 2 heterocycles. The third-order valence-electron chi connectivity index (χ3n) is 12.5. The van der Waals surface area contributed by atoms with E-state index in [1.807, 2.05) is 73.7 Å². The molecule has 3 fully saturated rings. The normalized spacial score (nSPS) is 14.3. The number of amides is 1. The van der Waals surface area contributed by atoms with E-state index in [9.17, 15) is 34.5 Å². The van der Waals surface area contributed by atoms with E-state index < -0.39 is 5.91 Å². The van der Waals surface area contributed by atoms with Gasteiger partial charge >= 0.3 is 0 Å². The molecular weight excluding hydrogens is 845 g/mol. The Hall–Kier alpha value is -7.56. The minimum absolute atomic E-state index is 0.0387. The molecule has 5 aromatic rings. The summed E-state index contributed by atoms with van der Waals surface area (Å²) in [7, 11) is 3.20. The molecule has 0 bridgehead atoms. The summed E-state index contributed by atoms with van der Waals surface area (Å²) in [4.78, 5) is 63.7. The maximum Gasteiger partial charge on any atom is 0.266 e. The lowest BCUT2D eigenvalue weighted by Gasteiger charge is -2.13. The molecular formula is C54H58N6O7. The number of hydrogen-bond acceptors (Lipinski definition) is 10. The number of pyridine rings is 2. The summed E-state index contributed by atoms with van der Waals surface area (Å²) >= 11 is 0. The van der Waals surface area contributed by atoms with Crippen LogP contribution < -0.4 is 26.3 Å². The topological polar surface area (TPSA) is 233 Å². The number of aromatic nitrogens is 2. The molecule has 0 spiro atoms. The Balaban J connectivity index is 0.000000178. The average Bonchev–Trinajstić information content (AvgIpc) is 4.18. The molecule has 67 heavy (non-hydrogen) atoms. The zero-order chi connectivity index (χ0) is 48.3. The van der Waals surface area contributed by atoms with Gasteiger partial charge in [0, 0.05) is 28.4 Å². The number of aryl methyl sites for hydroxylation is 1. The lowest BCUT2D eigenvalue weighted by molar-refractivity contribution is -0.121. The molecule has 0 atom stereocenters. The largest absolute Gasteiger partial charge is 0.497 e. The standard InChI is InChI=1S/C18H18N2O2.C18H18N2O.C15H18O3.C3H4N2O/c1-22-14-8-6-12(7-9-14)15-10-17(13-4-2-3-5-13)20-18(21)16(15)11-19;1-12-6-8-14(9-7-12)17-10-15(13-4-2-3-5-13)16(11-19)18(21)20-17;1-18-13-8-6-12(7-9-13)15(17)10-14(16)11-4-2-3-5-11;4-2-1-3(5)6/h6-10,13H,2-5H2,1H3,(H,20,21);6-10,13H,2-5H2,1H3,(H,20,21);6-9,11H,2-5,10H2,1H3;1H2,(H2,5,6). The quantitative estimate of drug-likeness (QED) is 0.0838. The molecule has 0 saturated heterocycles. The van der Waals surface area contributed by atoms with Gasteiger partial charge in [-0.1, -0.05) is 80.5 Å². The first-order chi connectivity index (χ1) is 32.4. The Morgan fingerprint density at radius 2 is 1.16 bits per heavy atom. The van der Waals surface area contributed by atoms with Crippen LogP contribution in [0, 0.1) is 46.8 Å². The van der Waals surface area contributed by atoms with Crippen molar-refractivity contribution >= 4 is 17.5 Å². The van der Waals surface area contributed by atoms with Gasteiger partial charge in [-0.2, -0.15) is 15.8 Å². The number of aromatic amines is 2. The first-order valence-corrected chi connectivity index (χ1v) is 22.8. The van der Waals surface area contributed by atoms with E-state index in [4.69, 9.17) is 14.7 Å². The average molecular weight is 903 g/mol. The molecule has 13 nitrogen and oxygen atoms in total. The highest BCUT2D eigenvalue weighted by atomic mass is 16.5. The second-order valence-electron chi connectivity index (χ2n) is 17.0. The van der Waals surface area contributed by atoms with E-state index in [0.717, 1.165) is 85.2 Å². The summed E-state index contributed by atoms with van der Waals surface area (Å²) in [5.41, 5.74) is 11.5. The van der Waals surface area contributed by atoms with E-state index in [-0.39, 0.29) is 52.6 Å². The van der Waals surface area contributed by atoms with E-state index in [0.29, 0.717) is 28.7 Å². The van der Waals surface area contributed by atoms with Crippen LogP contribution in [0.2, 0.25) is 0 Å². The number of H-pyrrole nitrogens is 2. The van der Waals surface area contributed by atoms with Crippen molar-refractivity contribution in [2.75, 3.05) is 14.2 Å². The number of hydrogen-bond donors (Lipinski definition) is 3. The zero-order valence-corrected chi connectivity index (χ0v) is 38.5. The van der Waals surface area contributed by atoms with E-state index in [2.05, 4.69) is 21.8 Å². The summed E-state index contributed by atoms with van der Waals surface area (Å²) in [6.45, 7) is 2.04. The maximum atomic E-state index is 12.2. The fraction of sp³-hybridized carbons (Fsp3) is 0.370. The van der Waals surface area contributed by atoms with Crippen LogP contribution in [0.15, 0.2) is 94.5 Å². The van der Waals surface area contributed by atoms with E-state index >= 15 is 0 Å². The third kappa shape index (κ3) is 14.2. The predicted octanol–water partition coefficient (Wildman–Crippen LogP) is 9.87. The highest BCUT2D eigenvalue weighted by Crippen LogP contribution is 2.37. The van der Waals surface area contributed by atoms with Gasteiger partial charge in [0.15, 0.2) is 5.78 Å². The van der Waals surface area contributed by atoms with Crippen molar-refractivity contribution in [2.45, 2.75) is 109 Å². The number of ketones is 2. The monoisotopic (exact) mass is 902 g/mol. The number of benzene rings is 3. The maximum absolute atomic E-state index is 12.2. The van der Waals surface area contributed by atoms with Gasteiger partial charge in [-0.15, -0.1) is 0 Å². The summed E-state index contributed by atoms with van der Waals surface area (Å²) in [5, 5.41) is 26.3. The molecule has 3 aliphatic rings. The molecule has 0 aliphatic heterocycles. The Bertz CT molecular complexity index is 2720. The number of carbonyl (C=O) groups is 3. The zero-order valence-electron chi connectivity index (χ0n) is 38.5. The molecule has 1 amide bonds. The van der Waals surface area contributed by atoms with Gasteiger partial charge in [0.05, 0.1) is 26.7 Å². The molecule has 3 aliphatic carbocycles. The van der Waals surface area contributed by atoms with Crippen LogP contribution in [0.25, 0.3) is 22.4 Å². The van der Waals surface area contributed by atoms with Crippen LogP contribution in [0.3, 0.4) is 0 Å². The van der Waals surface area contributed by atoms with Gasteiger partial charge in [-0.05, 0) is 123 Å². The predicted molar refractivity (Wildman–Crippen MR) is 256 cm³/mol. The number of Topliss-reactive ketones (excluding diaryl/α,β-unsaturated/α-hetero) is 2. The van der Waals surface area contributed by atoms with Gasteiger partial charge in [-0.25, -0.2) is 0 Å². The highest BCUT2D eigenvalue weighted by Gasteiger charge is 2.26. The number of carbonyl (C=O) groups excluding carboxylic acids is 3. The van der Waals surface area contributed by atoms with Crippen molar-refractivity contribution in [3.63, 3.8) is 0 Å². The molecule has 3 aromatic carbocycles. The molecule has 0 unspecified atom stereocenters. The Labute approximate surface area is 391 Å². The third-order valence-corrected chi connectivity index (χ3v) is 12.5. The van der Waals surface area contributed by atoms with Crippen LogP contribution in [-0.2, 0) is 9.59 Å². The van der Waals surface area contributed by atoms with Crippen molar-refractivity contribution in [3.05, 3.63) is 139 Å². The fourth-order valence-electron chi connectivity index (χ4n) is 8.80. The van der Waals surface area contributed by atoms with Crippen LogP contribution in [0.4, 0.5) is 0 Å². The molecule has 2 aromatic heterocycles. The summed E-state index contributed by atoms with van der Waals surface area (Å²) in [5.74, 6) is 1.79. The van der Waals surface area contributed by atoms with Gasteiger partial charge in [0.2, 0.25) is 5.91 Å². The minimum Gasteiger partial charge on any atom is -0.497 e. The fourth-order valence-corrected chi connectivity index (χ4v) is 8.80. The summed E-state index contributed by atoms with van der Waals surface area (Å²) in [6, 6.07) is 32.1. The summed E-state index contributed by atoms with van der Waals surface area (Å²) in [6.07, 6.45) is 13.1.